The van der Waals surface area contributed by atoms with E-state index in [4.69, 9.17) is 28.2 Å². The number of aromatic nitrogens is 2. The molecule has 1 fully saturated rings. The van der Waals surface area contributed by atoms with Crippen LogP contribution in [0.1, 0.15) is 37.2 Å². The maximum atomic E-state index is 6.35. The Hall–Kier alpha value is -1.59. The van der Waals surface area contributed by atoms with Gasteiger partial charge >= 0.3 is 0 Å². The quantitative estimate of drug-likeness (QED) is 0.513. The number of hydrogen-bond donors (Lipinski definition) is 1. The van der Waals surface area contributed by atoms with Crippen LogP contribution in [-0.4, -0.2) is 40.6 Å². The van der Waals surface area contributed by atoms with E-state index < -0.39 is 0 Å². The fourth-order valence-electron chi connectivity index (χ4n) is 4.28. The second-order valence-corrected chi connectivity index (χ2v) is 8.56. The van der Waals surface area contributed by atoms with Gasteiger partial charge in [0.25, 0.3) is 0 Å². The van der Waals surface area contributed by atoms with Crippen molar-refractivity contribution < 1.29 is 0 Å². The molecule has 0 saturated carbocycles. The van der Waals surface area contributed by atoms with Crippen LogP contribution in [0.4, 0.5) is 0 Å². The molecule has 4 nitrogen and oxygen atoms in total. The molecule has 0 amide bonds. The fourth-order valence-corrected chi connectivity index (χ4v) is 4.59. The van der Waals surface area contributed by atoms with Gasteiger partial charge in [0.15, 0.2) is 0 Å². The van der Waals surface area contributed by atoms with Crippen LogP contribution in [0.15, 0.2) is 42.5 Å². The van der Waals surface area contributed by atoms with Crippen molar-refractivity contribution in [1.82, 2.24) is 19.8 Å². The van der Waals surface area contributed by atoms with Crippen molar-refractivity contribution in [2.24, 2.45) is 0 Å². The van der Waals surface area contributed by atoms with Gasteiger partial charge < -0.3 is 9.88 Å². The van der Waals surface area contributed by atoms with Crippen LogP contribution in [0, 0.1) is 0 Å². The molecular formula is C23H28Cl2N4. The van der Waals surface area contributed by atoms with Gasteiger partial charge in [-0.05, 0) is 37.1 Å². The van der Waals surface area contributed by atoms with Crippen molar-refractivity contribution in [3.05, 3.63) is 63.9 Å². The van der Waals surface area contributed by atoms with Crippen molar-refractivity contribution in [2.45, 2.75) is 38.8 Å². The maximum absolute atomic E-state index is 6.35. The van der Waals surface area contributed by atoms with E-state index in [0.717, 1.165) is 68.8 Å². The lowest BCUT2D eigenvalue weighted by Gasteiger charge is -2.33. The number of nitrogens with zero attached hydrogens (tertiary/aromatic N) is 3. The Balaban J connectivity index is 1.54. The van der Waals surface area contributed by atoms with Gasteiger partial charge in [-0.3, -0.25) is 4.90 Å². The van der Waals surface area contributed by atoms with E-state index in [9.17, 15) is 0 Å². The van der Waals surface area contributed by atoms with Crippen LogP contribution in [-0.2, 0) is 13.0 Å². The third-order valence-corrected chi connectivity index (χ3v) is 6.47. The molecule has 0 aliphatic carbocycles. The average molecular weight is 431 g/mol. The second kappa shape index (κ2) is 9.48. The summed E-state index contributed by atoms with van der Waals surface area (Å²) in [6, 6.07) is 15.1. The number of rotatable bonds is 7. The lowest BCUT2D eigenvalue weighted by Crippen LogP contribution is -2.34. The molecule has 2 aromatic carbocycles. The lowest BCUT2D eigenvalue weighted by atomic mass is 10.0. The largest absolute Gasteiger partial charge is 0.325 e. The van der Waals surface area contributed by atoms with Gasteiger partial charge in [0.05, 0.1) is 21.1 Å². The summed E-state index contributed by atoms with van der Waals surface area (Å²) in [6.07, 6.45) is 3.14. The summed E-state index contributed by atoms with van der Waals surface area (Å²) in [5.74, 6) is 1.13. The van der Waals surface area contributed by atoms with Crippen LogP contribution < -0.4 is 5.32 Å². The summed E-state index contributed by atoms with van der Waals surface area (Å²) >= 11 is 12.6. The maximum Gasteiger partial charge on any atom is 0.111 e. The van der Waals surface area contributed by atoms with E-state index in [-0.39, 0.29) is 0 Å². The fraction of sp³-hybridized carbons (Fsp3) is 0.435. The third-order valence-electron chi connectivity index (χ3n) is 5.75. The van der Waals surface area contributed by atoms with E-state index in [1.54, 1.807) is 0 Å². The van der Waals surface area contributed by atoms with Gasteiger partial charge in [-0.15, -0.1) is 0 Å². The summed E-state index contributed by atoms with van der Waals surface area (Å²) in [6.45, 7) is 7.22. The zero-order valence-corrected chi connectivity index (χ0v) is 18.4. The van der Waals surface area contributed by atoms with Crippen molar-refractivity contribution >= 4 is 34.2 Å². The summed E-state index contributed by atoms with van der Waals surface area (Å²) in [5.41, 5.74) is 3.43. The highest BCUT2D eigenvalue weighted by Gasteiger charge is 2.25. The molecule has 0 atom stereocenters. The Kier molecular flexibility index (Phi) is 6.76. The molecule has 1 saturated heterocycles. The number of likely N-dealkylation sites (tertiary alicyclic amines) is 1. The number of benzene rings is 2. The van der Waals surface area contributed by atoms with Gasteiger partial charge in [-0.2, -0.15) is 0 Å². The minimum atomic E-state index is 0.445. The molecule has 29 heavy (non-hydrogen) atoms. The molecule has 1 aliphatic rings. The van der Waals surface area contributed by atoms with Crippen molar-refractivity contribution in [3.8, 4) is 0 Å². The lowest BCUT2D eigenvalue weighted by molar-refractivity contribution is 0.180. The van der Waals surface area contributed by atoms with Crippen LogP contribution >= 0.6 is 23.2 Å². The first-order valence-electron chi connectivity index (χ1n) is 10.5. The van der Waals surface area contributed by atoms with Gasteiger partial charge in [0.1, 0.15) is 5.82 Å². The molecule has 2 heterocycles. The minimum absolute atomic E-state index is 0.445. The summed E-state index contributed by atoms with van der Waals surface area (Å²) in [5, 5.41) is 4.58. The van der Waals surface area contributed by atoms with E-state index in [2.05, 4.69) is 52.0 Å². The first-order chi connectivity index (χ1) is 14.2. The monoisotopic (exact) mass is 430 g/mol. The Morgan fingerprint density at radius 1 is 1.07 bits per heavy atom. The molecule has 1 aromatic heterocycles. The standard InChI is InChI=1S/C23H28Cl2N4/c1-2-26-11-8-23-27-21-14-19(24)20(25)15-22(21)29(23)18-9-12-28(13-10-18)16-17-6-4-3-5-7-17/h3-7,14-15,18,26H,2,8-13,16H2,1H3. The van der Waals surface area contributed by atoms with Crippen molar-refractivity contribution in [1.29, 1.82) is 0 Å². The highest BCUT2D eigenvalue weighted by Crippen LogP contribution is 2.33. The smallest absolute Gasteiger partial charge is 0.111 e. The van der Waals surface area contributed by atoms with Crippen LogP contribution in [0.25, 0.3) is 11.0 Å². The number of halogens is 2. The summed E-state index contributed by atoms with van der Waals surface area (Å²) < 4.78 is 2.43. The number of likely N-dealkylation sites (N-methyl/N-ethyl adjacent to an activating group) is 1. The van der Waals surface area contributed by atoms with Gasteiger partial charge in [0.2, 0.25) is 0 Å². The zero-order chi connectivity index (χ0) is 20.2. The SMILES string of the molecule is CCNCCc1nc2cc(Cl)c(Cl)cc2n1C1CCN(Cc2ccccc2)CC1. The molecule has 0 radical (unpaired) electrons. The van der Waals surface area contributed by atoms with E-state index >= 15 is 0 Å². The summed E-state index contributed by atoms with van der Waals surface area (Å²) in [4.78, 5) is 7.46. The number of hydrogen-bond acceptors (Lipinski definition) is 3. The molecule has 0 unspecified atom stereocenters. The molecule has 1 N–H and O–H groups in total. The number of fused-ring (bicyclic) bond motifs is 1. The van der Waals surface area contributed by atoms with E-state index in [1.807, 2.05) is 12.1 Å². The molecular weight excluding hydrogens is 403 g/mol. The van der Waals surface area contributed by atoms with Crippen LogP contribution in [0.5, 0.6) is 0 Å². The Morgan fingerprint density at radius 2 is 1.79 bits per heavy atom. The van der Waals surface area contributed by atoms with Gasteiger partial charge in [-0.25, -0.2) is 4.98 Å². The molecule has 0 bridgehead atoms. The topological polar surface area (TPSA) is 33.1 Å². The Labute approximate surface area is 182 Å². The molecule has 0 spiro atoms. The van der Waals surface area contributed by atoms with Gasteiger partial charge in [-0.1, -0.05) is 60.5 Å². The van der Waals surface area contributed by atoms with E-state index in [1.165, 1.54) is 5.56 Å². The average Bonchev–Trinajstić information content (AvgIpc) is 3.07. The van der Waals surface area contributed by atoms with Crippen molar-refractivity contribution in [3.63, 3.8) is 0 Å². The Bertz CT molecular complexity index is 946. The van der Waals surface area contributed by atoms with Gasteiger partial charge in [0, 0.05) is 38.6 Å². The number of imidazole rings is 1. The zero-order valence-electron chi connectivity index (χ0n) is 16.9. The molecule has 3 aromatic rings. The predicted molar refractivity (Wildman–Crippen MR) is 122 cm³/mol. The van der Waals surface area contributed by atoms with Crippen molar-refractivity contribution in [2.75, 3.05) is 26.2 Å². The highest BCUT2D eigenvalue weighted by molar-refractivity contribution is 6.42. The normalized spacial score (nSPS) is 16.0. The van der Waals surface area contributed by atoms with Crippen LogP contribution in [0.2, 0.25) is 10.0 Å². The predicted octanol–water partition coefficient (Wildman–Crippen LogP) is 5.33. The molecule has 154 valence electrons. The number of piperidine rings is 1. The minimum Gasteiger partial charge on any atom is -0.325 e. The third kappa shape index (κ3) is 4.77. The first kappa shape index (κ1) is 20.7. The Morgan fingerprint density at radius 3 is 2.52 bits per heavy atom. The highest BCUT2D eigenvalue weighted by atomic mass is 35.5. The molecule has 1 aliphatic heterocycles. The second-order valence-electron chi connectivity index (χ2n) is 7.75. The van der Waals surface area contributed by atoms with Crippen LogP contribution in [0.3, 0.4) is 0 Å². The number of nitrogens with one attached hydrogen (secondary N) is 1. The van der Waals surface area contributed by atoms with E-state index in [0.29, 0.717) is 16.1 Å². The summed E-state index contributed by atoms with van der Waals surface area (Å²) in [7, 11) is 0. The molecule has 6 heteroatoms. The first-order valence-corrected chi connectivity index (χ1v) is 11.2. The molecule has 4 rings (SSSR count).